The number of piperazine rings is 1. The zero-order valence-corrected chi connectivity index (χ0v) is 19.9. The minimum Gasteiger partial charge on any atom is -0.387 e. The maximum absolute atomic E-state index is 15.2. The molecule has 35 heavy (non-hydrogen) atoms. The van der Waals surface area contributed by atoms with Crippen LogP contribution in [0.5, 0.6) is 0 Å². The number of nitrogens with zero attached hydrogens (tertiary/aromatic N) is 3. The molecule has 5 rings (SSSR count). The van der Waals surface area contributed by atoms with Crippen LogP contribution in [0.25, 0.3) is 10.9 Å². The highest BCUT2D eigenvalue weighted by atomic mass is 19.1. The zero-order chi connectivity index (χ0) is 24.5. The molecule has 1 saturated carbocycles. The molecule has 1 amide bonds. The average Bonchev–Trinajstić information content (AvgIpc) is 3.73. The van der Waals surface area contributed by atoms with E-state index < -0.39 is 23.3 Å². The third-order valence-electron chi connectivity index (χ3n) is 7.09. The molecule has 3 aromatic rings. The summed E-state index contributed by atoms with van der Waals surface area (Å²) in [6, 6.07) is 12.3. The molecule has 2 aromatic carbocycles. The maximum atomic E-state index is 15.2. The van der Waals surface area contributed by atoms with Crippen molar-refractivity contribution < 1.29 is 14.3 Å². The Balaban J connectivity index is 1.45. The molecule has 0 spiro atoms. The smallest absolute Gasteiger partial charge is 0.256 e. The Morgan fingerprint density at radius 1 is 1.14 bits per heavy atom. The number of likely N-dealkylation sites (N-methyl/N-ethyl adjacent to an activating group) is 1. The second-order valence-corrected chi connectivity index (χ2v) is 9.39. The summed E-state index contributed by atoms with van der Waals surface area (Å²) in [5, 5.41) is 13.3. The summed E-state index contributed by atoms with van der Waals surface area (Å²) >= 11 is 0. The van der Waals surface area contributed by atoms with Crippen LogP contribution < -0.4 is 15.6 Å². The fourth-order valence-corrected chi connectivity index (χ4v) is 4.80. The van der Waals surface area contributed by atoms with E-state index in [4.69, 9.17) is 0 Å². The Morgan fingerprint density at radius 3 is 2.51 bits per heavy atom. The first kappa shape index (κ1) is 23.5. The van der Waals surface area contributed by atoms with Gasteiger partial charge in [0.15, 0.2) is 0 Å². The fraction of sp³-hybridized carbons (Fsp3) is 0.407. The van der Waals surface area contributed by atoms with Gasteiger partial charge in [-0.1, -0.05) is 37.3 Å². The van der Waals surface area contributed by atoms with Gasteiger partial charge in [0.05, 0.1) is 17.3 Å². The highest BCUT2D eigenvalue weighted by molar-refractivity contribution is 5.98. The average molecular weight is 479 g/mol. The molecule has 2 heterocycles. The van der Waals surface area contributed by atoms with Crippen molar-refractivity contribution in [1.82, 2.24) is 14.8 Å². The minimum atomic E-state index is -0.889. The Hall–Kier alpha value is -3.23. The SMILES string of the molecule is CCN1CCN(c2cc3c(cc2F)c(=O)c(C(=O)NCC(O)c2ccccc2)cn3C2CC2)CC1. The first-order chi connectivity index (χ1) is 17.0. The lowest BCUT2D eigenvalue weighted by molar-refractivity contribution is 0.0914. The molecule has 1 aliphatic carbocycles. The van der Waals surface area contributed by atoms with Crippen LogP contribution in [0.15, 0.2) is 53.5 Å². The first-order valence-corrected chi connectivity index (χ1v) is 12.3. The number of aromatic nitrogens is 1. The van der Waals surface area contributed by atoms with E-state index in [1.54, 1.807) is 24.4 Å². The van der Waals surface area contributed by atoms with E-state index in [1.807, 2.05) is 27.7 Å². The van der Waals surface area contributed by atoms with E-state index >= 15 is 4.39 Å². The third-order valence-corrected chi connectivity index (χ3v) is 7.09. The lowest BCUT2D eigenvalue weighted by Gasteiger charge is -2.35. The summed E-state index contributed by atoms with van der Waals surface area (Å²) in [5.41, 5.74) is 1.31. The Bertz CT molecular complexity index is 1280. The minimum absolute atomic E-state index is 0.0270. The van der Waals surface area contributed by atoms with Crippen molar-refractivity contribution in [2.75, 3.05) is 44.2 Å². The molecule has 2 aliphatic rings. The molecule has 0 radical (unpaired) electrons. The van der Waals surface area contributed by atoms with E-state index in [0.29, 0.717) is 16.8 Å². The lowest BCUT2D eigenvalue weighted by atomic mass is 10.1. The van der Waals surface area contributed by atoms with E-state index in [0.717, 1.165) is 45.6 Å². The van der Waals surface area contributed by atoms with Crippen LogP contribution in [0, 0.1) is 5.82 Å². The van der Waals surface area contributed by atoms with Crippen molar-refractivity contribution in [2.24, 2.45) is 0 Å². The number of halogens is 1. The summed E-state index contributed by atoms with van der Waals surface area (Å²) in [5.74, 6) is -1.01. The predicted molar refractivity (Wildman–Crippen MR) is 134 cm³/mol. The van der Waals surface area contributed by atoms with Gasteiger partial charge >= 0.3 is 0 Å². The molecule has 7 nitrogen and oxygen atoms in total. The number of carbonyl (C=O) groups excluding carboxylic acids is 1. The van der Waals surface area contributed by atoms with Gasteiger partial charge in [-0.25, -0.2) is 4.39 Å². The first-order valence-electron chi connectivity index (χ1n) is 12.3. The number of rotatable bonds is 7. The number of aliphatic hydroxyl groups excluding tert-OH is 1. The van der Waals surface area contributed by atoms with Crippen LogP contribution in [0.4, 0.5) is 10.1 Å². The van der Waals surface area contributed by atoms with Crippen molar-refractivity contribution in [3.63, 3.8) is 0 Å². The third kappa shape index (κ3) is 4.81. The number of carbonyl (C=O) groups is 1. The highest BCUT2D eigenvalue weighted by Gasteiger charge is 2.28. The van der Waals surface area contributed by atoms with Crippen molar-refractivity contribution in [1.29, 1.82) is 0 Å². The van der Waals surface area contributed by atoms with Crippen LogP contribution in [-0.4, -0.2) is 59.7 Å². The molecule has 2 fully saturated rings. The number of hydrogen-bond donors (Lipinski definition) is 2. The number of amides is 1. The van der Waals surface area contributed by atoms with Crippen molar-refractivity contribution >= 4 is 22.5 Å². The van der Waals surface area contributed by atoms with Gasteiger partial charge in [0.2, 0.25) is 5.43 Å². The zero-order valence-electron chi connectivity index (χ0n) is 19.9. The summed E-state index contributed by atoms with van der Waals surface area (Å²) in [6.45, 7) is 6.27. The lowest BCUT2D eigenvalue weighted by Crippen LogP contribution is -2.46. The molecule has 1 aromatic heterocycles. The van der Waals surface area contributed by atoms with E-state index in [1.165, 1.54) is 6.07 Å². The van der Waals surface area contributed by atoms with E-state index in [9.17, 15) is 14.7 Å². The summed E-state index contributed by atoms with van der Waals surface area (Å²) in [4.78, 5) is 30.6. The van der Waals surface area contributed by atoms with Crippen LogP contribution >= 0.6 is 0 Å². The molecule has 184 valence electrons. The van der Waals surface area contributed by atoms with Crippen molar-refractivity contribution in [3.05, 3.63) is 75.8 Å². The Morgan fingerprint density at radius 2 is 1.86 bits per heavy atom. The van der Waals surface area contributed by atoms with Gasteiger partial charge in [-0.15, -0.1) is 0 Å². The Labute approximate surface area is 203 Å². The number of pyridine rings is 1. The number of hydrogen-bond acceptors (Lipinski definition) is 5. The quantitative estimate of drug-likeness (QED) is 0.546. The molecule has 2 N–H and O–H groups in total. The van der Waals surface area contributed by atoms with Crippen molar-refractivity contribution in [2.45, 2.75) is 31.9 Å². The van der Waals surface area contributed by atoms with Gasteiger partial charge in [0, 0.05) is 50.3 Å². The molecular weight excluding hydrogens is 447 g/mol. The van der Waals surface area contributed by atoms with Gasteiger partial charge in [0.25, 0.3) is 5.91 Å². The van der Waals surface area contributed by atoms with Crippen LogP contribution in [0.1, 0.15) is 47.8 Å². The normalized spacial score (nSPS) is 17.5. The van der Waals surface area contributed by atoms with Crippen molar-refractivity contribution in [3.8, 4) is 0 Å². The van der Waals surface area contributed by atoms with E-state index in [-0.39, 0.29) is 23.5 Å². The molecule has 8 heteroatoms. The molecule has 0 bridgehead atoms. The standard InChI is InChI=1S/C27H31FN4O3/c1-2-30-10-12-31(13-11-30)24-15-23-20(14-22(24)28)26(34)21(17-32(23)19-8-9-19)27(35)29-16-25(33)18-6-4-3-5-7-18/h3-7,14-15,17,19,25,33H,2,8-13,16H2,1H3,(H,29,35). The van der Waals surface area contributed by atoms with E-state index in [2.05, 4.69) is 17.1 Å². The number of benzene rings is 2. The molecule has 1 aliphatic heterocycles. The number of fused-ring (bicyclic) bond motifs is 1. The predicted octanol–water partition coefficient (Wildman–Crippen LogP) is 3.08. The van der Waals surface area contributed by atoms with Gasteiger partial charge in [-0.3, -0.25) is 9.59 Å². The maximum Gasteiger partial charge on any atom is 0.256 e. The number of anilines is 1. The number of aliphatic hydroxyl groups is 1. The second kappa shape index (κ2) is 9.79. The molecule has 1 saturated heterocycles. The summed E-state index contributed by atoms with van der Waals surface area (Å²) < 4.78 is 17.2. The van der Waals surface area contributed by atoms with Crippen LogP contribution in [-0.2, 0) is 0 Å². The molecular formula is C27H31FN4O3. The summed E-state index contributed by atoms with van der Waals surface area (Å²) in [7, 11) is 0. The molecule has 1 unspecified atom stereocenters. The fourth-order valence-electron chi connectivity index (χ4n) is 4.80. The topological polar surface area (TPSA) is 77.8 Å². The van der Waals surface area contributed by atoms with Gasteiger partial charge < -0.3 is 24.8 Å². The largest absolute Gasteiger partial charge is 0.387 e. The van der Waals surface area contributed by atoms with Gasteiger partial charge in [0.1, 0.15) is 11.4 Å². The molecule has 1 atom stereocenters. The van der Waals surface area contributed by atoms with Crippen LogP contribution in [0.2, 0.25) is 0 Å². The van der Waals surface area contributed by atoms with Gasteiger partial charge in [-0.05, 0) is 37.1 Å². The van der Waals surface area contributed by atoms with Crippen LogP contribution in [0.3, 0.4) is 0 Å². The second-order valence-electron chi connectivity index (χ2n) is 9.39. The number of nitrogens with one attached hydrogen (secondary N) is 1. The van der Waals surface area contributed by atoms with Gasteiger partial charge in [-0.2, -0.15) is 0 Å². The summed E-state index contributed by atoms with van der Waals surface area (Å²) in [6.07, 6.45) is 2.62. The Kier molecular flexibility index (Phi) is 6.58. The highest BCUT2D eigenvalue weighted by Crippen LogP contribution is 2.38. The monoisotopic (exact) mass is 478 g/mol.